The van der Waals surface area contributed by atoms with Crippen LogP contribution in [0, 0.1) is 10.1 Å². The van der Waals surface area contributed by atoms with Gasteiger partial charge in [-0.05, 0) is 13.0 Å². The zero-order valence-electron chi connectivity index (χ0n) is 16.4. The van der Waals surface area contributed by atoms with Crippen molar-refractivity contribution in [2.75, 3.05) is 7.11 Å². The van der Waals surface area contributed by atoms with Crippen LogP contribution in [-0.2, 0) is 15.1 Å². The molecule has 3 aromatic carbocycles. The van der Waals surface area contributed by atoms with Crippen LogP contribution >= 0.6 is 15.9 Å². The molecule has 0 amide bonds. The van der Waals surface area contributed by atoms with E-state index in [1.807, 2.05) is 60.7 Å². The van der Waals surface area contributed by atoms with Crippen LogP contribution in [0.1, 0.15) is 23.6 Å². The number of aliphatic imine (C=N–C) groups is 1. The Morgan fingerprint density at radius 3 is 1.97 bits per heavy atom. The third-order valence-electron chi connectivity index (χ3n) is 4.70. The number of hydrogen-bond acceptors (Lipinski definition) is 5. The third-order valence-corrected chi connectivity index (χ3v) is 5.36. The highest BCUT2D eigenvalue weighted by Crippen LogP contribution is 2.36. The van der Waals surface area contributed by atoms with E-state index in [2.05, 4.69) is 15.9 Å². The molecule has 0 N–H and O–H groups in total. The number of benzene rings is 3. The Labute approximate surface area is 182 Å². The fourth-order valence-corrected chi connectivity index (χ4v) is 3.89. The first kappa shape index (κ1) is 21.4. The molecule has 0 heterocycles. The predicted octanol–water partition coefficient (Wildman–Crippen LogP) is 5.28. The number of carbonyl (C=O) groups is 1. The molecule has 3 rings (SSSR count). The van der Waals surface area contributed by atoms with Crippen molar-refractivity contribution < 1.29 is 14.5 Å². The van der Waals surface area contributed by atoms with Crippen LogP contribution in [0.4, 0.5) is 5.69 Å². The molecule has 0 saturated heterocycles. The van der Waals surface area contributed by atoms with Crippen molar-refractivity contribution in [2.45, 2.75) is 12.5 Å². The van der Waals surface area contributed by atoms with E-state index in [4.69, 9.17) is 9.73 Å². The van der Waals surface area contributed by atoms with Crippen molar-refractivity contribution >= 4 is 33.3 Å². The monoisotopic (exact) mass is 466 g/mol. The Hall–Kier alpha value is -3.32. The standard InChI is InChI=1S/C23H19BrN2O4/c1-23(22(27)30-2,19-14-13-18(26(28)29)15-20(19)24)25-21(16-9-5-3-6-10-16)17-11-7-4-8-12-17/h3-15H,1-2H3. The van der Waals surface area contributed by atoms with Crippen molar-refractivity contribution in [2.24, 2.45) is 4.99 Å². The molecule has 0 aromatic heterocycles. The van der Waals surface area contributed by atoms with E-state index in [-0.39, 0.29) is 5.69 Å². The van der Waals surface area contributed by atoms with E-state index < -0.39 is 16.4 Å². The van der Waals surface area contributed by atoms with Gasteiger partial charge < -0.3 is 4.74 Å². The summed E-state index contributed by atoms with van der Waals surface area (Å²) >= 11 is 3.37. The minimum atomic E-state index is -1.44. The molecule has 0 aliphatic carbocycles. The minimum absolute atomic E-state index is 0.0897. The first-order valence-electron chi connectivity index (χ1n) is 9.10. The number of nitro benzene ring substituents is 1. The van der Waals surface area contributed by atoms with Crippen molar-refractivity contribution in [3.63, 3.8) is 0 Å². The van der Waals surface area contributed by atoms with Gasteiger partial charge in [-0.25, -0.2) is 4.79 Å². The molecule has 152 valence electrons. The number of esters is 1. The molecule has 0 saturated carbocycles. The highest BCUT2D eigenvalue weighted by atomic mass is 79.9. The topological polar surface area (TPSA) is 81.8 Å². The van der Waals surface area contributed by atoms with E-state index in [0.29, 0.717) is 15.7 Å². The Morgan fingerprint density at radius 1 is 1.00 bits per heavy atom. The van der Waals surface area contributed by atoms with Gasteiger partial charge in [-0.1, -0.05) is 76.6 Å². The van der Waals surface area contributed by atoms with Crippen LogP contribution in [0.25, 0.3) is 0 Å². The second-order valence-electron chi connectivity index (χ2n) is 6.68. The molecular weight excluding hydrogens is 448 g/mol. The average Bonchev–Trinajstić information content (AvgIpc) is 2.77. The second-order valence-corrected chi connectivity index (χ2v) is 7.53. The predicted molar refractivity (Wildman–Crippen MR) is 119 cm³/mol. The highest BCUT2D eigenvalue weighted by Gasteiger charge is 2.39. The molecule has 1 unspecified atom stereocenters. The molecule has 6 nitrogen and oxygen atoms in total. The highest BCUT2D eigenvalue weighted by molar-refractivity contribution is 9.10. The normalized spacial score (nSPS) is 12.5. The summed E-state index contributed by atoms with van der Waals surface area (Å²) in [5, 5.41) is 11.1. The molecule has 0 aliphatic rings. The van der Waals surface area contributed by atoms with Gasteiger partial charge >= 0.3 is 5.97 Å². The second kappa shape index (κ2) is 9.00. The van der Waals surface area contributed by atoms with Crippen LogP contribution in [0.2, 0.25) is 0 Å². The number of methoxy groups -OCH3 is 1. The number of ether oxygens (including phenoxy) is 1. The third kappa shape index (κ3) is 4.31. The van der Waals surface area contributed by atoms with Crippen LogP contribution < -0.4 is 0 Å². The molecular formula is C23H19BrN2O4. The van der Waals surface area contributed by atoms with Gasteiger partial charge in [-0.2, -0.15) is 0 Å². The van der Waals surface area contributed by atoms with E-state index in [1.54, 1.807) is 6.92 Å². The first-order valence-corrected chi connectivity index (χ1v) is 9.89. The van der Waals surface area contributed by atoms with Crippen LogP contribution in [0.5, 0.6) is 0 Å². The van der Waals surface area contributed by atoms with Gasteiger partial charge in [0.05, 0.1) is 17.7 Å². The number of hydrogen-bond donors (Lipinski definition) is 0. The molecule has 0 aliphatic heterocycles. The van der Waals surface area contributed by atoms with Crippen molar-refractivity contribution in [1.29, 1.82) is 0 Å². The first-order chi connectivity index (χ1) is 14.4. The summed E-state index contributed by atoms with van der Waals surface area (Å²) in [6.07, 6.45) is 0. The zero-order valence-corrected chi connectivity index (χ0v) is 18.0. The summed E-state index contributed by atoms with van der Waals surface area (Å²) in [5.41, 5.74) is 1.20. The van der Waals surface area contributed by atoms with Gasteiger partial charge in [-0.15, -0.1) is 0 Å². The summed E-state index contributed by atoms with van der Waals surface area (Å²) in [5.74, 6) is -0.582. The molecule has 3 aromatic rings. The van der Waals surface area contributed by atoms with E-state index in [0.717, 1.165) is 11.1 Å². The lowest BCUT2D eigenvalue weighted by molar-refractivity contribution is -0.385. The largest absolute Gasteiger partial charge is 0.467 e. The fraction of sp³-hybridized carbons (Fsp3) is 0.130. The number of rotatable bonds is 6. The van der Waals surface area contributed by atoms with Crippen molar-refractivity contribution in [1.82, 2.24) is 0 Å². The summed E-state index contributed by atoms with van der Waals surface area (Å²) in [7, 11) is 1.29. The summed E-state index contributed by atoms with van der Waals surface area (Å²) in [4.78, 5) is 28.4. The SMILES string of the molecule is COC(=O)C(C)(N=C(c1ccccc1)c1ccccc1)c1ccc([N+](=O)[O-])cc1Br. The van der Waals surface area contributed by atoms with Gasteiger partial charge in [0, 0.05) is 33.3 Å². The van der Waals surface area contributed by atoms with Crippen LogP contribution in [-0.4, -0.2) is 23.7 Å². The number of nitro groups is 1. The van der Waals surface area contributed by atoms with Gasteiger partial charge in [0.25, 0.3) is 5.69 Å². The van der Waals surface area contributed by atoms with E-state index in [9.17, 15) is 14.9 Å². The maximum Gasteiger partial charge on any atom is 0.338 e. The van der Waals surface area contributed by atoms with Crippen molar-refractivity contribution in [3.05, 3.63) is 110 Å². The van der Waals surface area contributed by atoms with Gasteiger partial charge in [0.1, 0.15) is 0 Å². The maximum atomic E-state index is 12.9. The lowest BCUT2D eigenvalue weighted by Gasteiger charge is -2.26. The molecule has 0 spiro atoms. The zero-order chi connectivity index (χ0) is 21.7. The fourth-order valence-electron chi connectivity index (χ4n) is 3.14. The number of nitrogens with zero attached hydrogens (tertiary/aromatic N) is 2. The van der Waals surface area contributed by atoms with Gasteiger partial charge in [0.15, 0.2) is 5.54 Å². The summed E-state index contributed by atoms with van der Waals surface area (Å²) in [6, 6.07) is 23.3. The number of halogens is 1. The Balaban J connectivity index is 2.27. The van der Waals surface area contributed by atoms with Crippen LogP contribution in [0.15, 0.2) is 88.3 Å². The Kier molecular flexibility index (Phi) is 6.42. The summed E-state index contributed by atoms with van der Waals surface area (Å²) in [6.45, 7) is 1.64. The average molecular weight is 467 g/mol. The molecule has 1 atom stereocenters. The molecule has 0 radical (unpaired) electrons. The Morgan fingerprint density at radius 2 is 1.53 bits per heavy atom. The van der Waals surface area contributed by atoms with E-state index >= 15 is 0 Å². The summed E-state index contributed by atoms with van der Waals surface area (Å²) < 4.78 is 5.47. The lowest BCUT2D eigenvalue weighted by Crippen LogP contribution is -2.34. The smallest absolute Gasteiger partial charge is 0.338 e. The van der Waals surface area contributed by atoms with Gasteiger partial charge in [0.2, 0.25) is 0 Å². The number of carbonyl (C=O) groups excluding carboxylic acids is 1. The molecule has 30 heavy (non-hydrogen) atoms. The van der Waals surface area contributed by atoms with Gasteiger partial charge in [-0.3, -0.25) is 15.1 Å². The Bertz CT molecular complexity index is 1060. The van der Waals surface area contributed by atoms with Crippen LogP contribution in [0.3, 0.4) is 0 Å². The molecule has 7 heteroatoms. The number of non-ortho nitro benzene ring substituents is 1. The van der Waals surface area contributed by atoms with Crippen molar-refractivity contribution in [3.8, 4) is 0 Å². The minimum Gasteiger partial charge on any atom is -0.467 e. The quantitative estimate of drug-likeness (QED) is 0.214. The maximum absolute atomic E-state index is 12.9. The molecule has 0 fully saturated rings. The van der Waals surface area contributed by atoms with E-state index in [1.165, 1.54) is 25.3 Å². The lowest BCUT2D eigenvalue weighted by atomic mass is 9.91. The molecule has 0 bridgehead atoms.